The second-order valence-corrected chi connectivity index (χ2v) is 34.1. The highest BCUT2D eigenvalue weighted by atomic mass is 32.2. The van der Waals surface area contributed by atoms with Gasteiger partial charge in [-0.3, -0.25) is 14.4 Å². The van der Waals surface area contributed by atoms with Gasteiger partial charge >= 0.3 is 0 Å². The molecule has 0 saturated carbocycles. The fourth-order valence-electron chi connectivity index (χ4n) is 16.2. The van der Waals surface area contributed by atoms with E-state index < -0.39 is 130 Å². The summed E-state index contributed by atoms with van der Waals surface area (Å²) >= 11 is 0. The lowest BCUT2D eigenvalue weighted by Gasteiger charge is -2.41. The van der Waals surface area contributed by atoms with Gasteiger partial charge < -0.3 is 31.9 Å². The number of fused-ring (bicyclic) bond motifs is 6. The molecule has 7 heterocycles. The number of rotatable bonds is 22. The van der Waals surface area contributed by atoms with E-state index >= 15 is 0 Å². The van der Waals surface area contributed by atoms with Gasteiger partial charge in [0.25, 0.3) is 0 Å². The van der Waals surface area contributed by atoms with E-state index in [1.807, 2.05) is 48.5 Å². The fourth-order valence-corrected chi connectivity index (χ4v) is 19.6. The maximum absolute atomic E-state index is 14.1. The maximum atomic E-state index is 14.1. The van der Waals surface area contributed by atoms with Crippen LogP contribution in [0.2, 0.25) is 0 Å². The van der Waals surface area contributed by atoms with Crippen LogP contribution < -0.4 is 21.9 Å². The highest BCUT2D eigenvalue weighted by Crippen LogP contribution is 2.44. The van der Waals surface area contributed by atoms with Gasteiger partial charge in [0.1, 0.15) is 34.7 Å². The summed E-state index contributed by atoms with van der Waals surface area (Å²) in [4.78, 5) is 44.0. The van der Waals surface area contributed by atoms with Crippen LogP contribution in [0.4, 0.5) is 39.5 Å². The Morgan fingerprint density at radius 1 is 0.446 bits per heavy atom. The van der Waals surface area contributed by atoms with Gasteiger partial charge in [0, 0.05) is 106 Å². The summed E-state index contributed by atoms with van der Waals surface area (Å²) in [5.41, 5.74) is 20.7. The van der Waals surface area contributed by atoms with Gasteiger partial charge in [-0.05, 0) is 173 Å². The van der Waals surface area contributed by atoms with Crippen molar-refractivity contribution < 1.29 is 79.2 Å². The van der Waals surface area contributed by atoms with E-state index in [0.717, 1.165) is 87.1 Å². The van der Waals surface area contributed by atoms with Crippen LogP contribution in [0.3, 0.4) is 0 Å². The normalized spacial score (nSPS) is 24.5. The van der Waals surface area contributed by atoms with Crippen molar-refractivity contribution in [2.45, 2.75) is 183 Å². The van der Waals surface area contributed by atoms with Gasteiger partial charge in [-0.2, -0.15) is 0 Å². The van der Waals surface area contributed by atoms with Crippen molar-refractivity contribution in [2.24, 2.45) is 35.0 Å². The Kier molecular flexibility index (Phi) is 25.3. The molecule has 12 rings (SSSR count). The molecule has 7 aliphatic heterocycles. The van der Waals surface area contributed by atoms with Gasteiger partial charge in [0.05, 0.1) is 0 Å². The first-order valence-corrected chi connectivity index (χ1v) is 39.3. The Balaban J connectivity index is 0.000000164. The average molecular weight is 1480 g/mol. The van der Waals surface area contributed by atoms with Crippen LogP contribution in [-0.2, 0) is 76.8 Å². The molecule has 0 radical (unpaired) electrons. The zero-order valence-corrected chi connectivity index (χ0v) is 58.6. The van der Waals surface area contributed by atoms with E-state index in [9.17, 15) is 79.2 Å². The lowest BCUT2D eigenvalue weighted by atomic mass is 9.82. The van der Waals surface area contributed by atoms with E-state index in [1.54, 1.807) is 26.8 Å². The molecule has 101 heavy (non-hydrogen) atoms. The molecule has 7 fully saturated rings. The number of nitrogens with one attached hydrogen (secondary N) is 1. The summed E-state index contributed by atoms with van der Waals surface area (Å²) in [6.07, 6.45) is 10.8. The molecule has 3 amide bonds. The second-order valence-electron chi connectivity index (χ2n) is 28.2. The topological polar surface area (TPSA) is 260 Å². The van der Waals surface area contributed by atoms with Crippen molar-refractivity contribution >= 4 is 47.8 Å². The molecular weight excluding hydrogens is 1390 g/mol. The molecule has 0 spiro atoms. The number of sulfonamides is 3. The zero-order chi connectivity index (χ0) is 72.8. The molecule has 3 unspecified atom stereocenters. The third-order valence-corrected chi connectivity index (χ3v) is 26.0. The van der Waals surface area contributed by atoms with Crippen molar-refractivity contribution in [1.82, 2.24) is 28.0 Å². The number of amides is 3. The van der Waals surface area contributed by atoms with Gasteiger partial charge in [0.15, 0.2) is 34.9 Å². The van der Waals surface area contributed by atoms with E-state index in [1.165, 1.54) is 15.7 Å². The van der Waals surface area contributed by atoms with Crippen LogP contribution in [0.5, 0.6) is 0 Å². The first-order valence-electron chi connectivity index (χ1n) is 34.4. The molecule has 6 bridgehead atoms. The number of nitrogens with zero attached hydrogens (tertiary/aromatic N) is 5. The number of nitrogens with two attached hydrogens (primary N) is 3. The lowest BCUT2D eigenvalue weighted by molar-refractivity contribution is -0.134. The third-order valence-electron chi connectivity index (χ3n) is 21.3. The highest BCUT2D eigenvalue weighted by molar-refractivity contribution is 7.90. The zero-order valence-electron chi connectivity index (χ0n) is 56.1. The summed E-state index contributed by atoms with van der Waals surface area (Å²) in [5.74, 6) is -12.6. The molecule has 7 N–H and O–H groups in total. The number of hydrogen-bond donors (Lipinski definition) is 4. The first kappa shape index (κ1) is 77.1. The molecule has 18 nitrogen and oxygen atoms in total. The van der Waals surface area contributed by atoms with E-state index in [2.05, 4.69) is 4.72 Å². The molecule has 12 atom stereocenters. The van der Waals surface area contributed by atoms with E-state index in [4.69, 9.17) is 17.2 Å². The Hall–Kier alpha value is -6.51. The number of carbonyl (C=O) groups excluding carboxylic acids is 3. The van der Waals surface area contributed by atoms with Gasteiger partial charge in [-0.15, -0.1) is 0 Å². The van der Waals surface area contributed by atoms with Crippen molar-refractivity contribution in [3.63, 3.8) is 0 Å². The first-order chi connectivity index (χ1) is 47.8. The monoisotopic (exact) mass is 1480 g/mol. The Morgan fingerprint density at radius 2 is 0.762 bits per heavy atom. The summed E-state index contributed by atoms with van der Waals surface area (Å²) in [7, 11) is -9.76. The van der Waals surface area contributed by atoms with Gasteiger partial charge in [-0.1, -0.05) is 67.1 Å². The number of hydrogen-bond acceptors (Lipinski definition) is 12. The van der Waals surface area contributed by atoms with Crippen molar-refractivity contribution in [3.8, 4) is 0 Å². The predicted molar refractivity (Wildman–Crippen MR) is 361 cm³/mol. The SMILES string of the molecule is CN(Cc1ccccc1)S(=O)(=O)CC(=O)N1[C@@H]2CC[C@H]1CC([C@H](N)Cc1cc(F)c(F)cc1F)C2.N[C@H](Cc1cc(F)c(F)cc1F)C1C[C@H]2CC[C@@H](C1)N2C(=O)CS(=O)(=O)N1CCCCC1.N[C@H](Cc1cc(F)c(F)cc1F)C1C[C@H]2CC[C@@H](C1)N2C(=O)CS(=O)(=O)NCc1ccccc1. The molecule has 0 aromatic heterocycles. The minimum absolute atomic E-state index is 0.0113. The van der Waals surface area contributed by atoms with E-state index in [0.29, 0.717) is 69.8 Å². The minimum atomic E-state index is -3.80. The fraction of sp³-hybridized carbons (Fsp3) is 0.535. The molecule has 552 valence electrons. The van der Waals surface area contributed by atoms with Crippen molar-refractivity contribution in [2.75, 3.05) is 37.4 Å². The standard InChI is InChI=1S/C25H30F3N3O3S.C24H28F3N3O3S.C22H30F3N3O3S/c1-30(14-16-5-3-2-4-6-16)35(33,34)15-25(32)31-19-7-8-20(31)10-18(9-19)24(29)12-17-11-22(27)23(28)13-21(17)26;25-20-12-22(27)21(26)10-16(20)11-23(28)17-8-18-6-7-19(9-17)30(18)24(31)14-34(32,33)29-13-15-4-2-1-3-5-15;23-18-12-20(25)19(24)10-14(18)11-21(26)15-8-16-4-5-17(9-15)28(16)22(29)13-32(30,31)27-6-2-1-3-7-27/h2-6,11,13,18-20,24H,7-10,12,14-15,29H2,1H3;1-5,10,12,17-19,23,29H,6-9,11,13-14,28H2;10,12,15-17,21H,1-9,11,13,26H2/t18?,19-,20+,24-;17?,18-,19+,23-;15?,16-,17+,21-/m111/s1. The number of halogens is 9. The minimum Gasteiger partial charge on any atom is -0.336 e. The summed E-state index contributed by atoms with van der Waals surface area (Å²) in [6, 6.07) is 20.1. The summed E-state index contributed by atoms with van der Waals surface area (Å²) < 4.78 is 204. The van der Waals surface area contributed by atoms with Crippen LogP contribution in [0.25, 0.3) is 0 Å². The largest absolute Gasteiger partial charge is 0.336 e. The molecule has 5 aromatic carbocycles. The lowest BCUT2D eigenvalue weighted by Crippen LogP contribution is -2.52. The maximum Gasteiger partial charge on any atom is 0.239 e. The van der Waals surface area contributed by atoms with E-state index in [-0.39, 0.29) is 109 Å². The molecule has 7 aliphatic rings. The van der Waals surface area contributed by atoms with Crippen LogP contribution in [0.15, 0.2) is 97.1 Å². The van der Waals surface area contributed by atoms with Gasteiger partial charge in [0.2, 0.25) is 47.8 Å². The molecule has 0 aliphatic carbocycles. The third kappa shape index (κ3) is 19.3. The second kappa shape index (κ2) is 33.1. The quantitative estimate of drug-likeness (QED) is 0.0375. The highest BCUT2D eigenvalue weighted by Gasteiger charge is 2.49. The van der Waals surface area contributed by atoms with Crippen molar-refractivity contribution in [1.29, 1.82) is 0 Å². The number of benzene rings is 5. The molecule has 7 saturated heterocycles. The number of piperidine rings is 4. The Morgan fingerprint density at radius 3 is 1.12 bits per heavy atom. The van der Waals surface area contributed by atoms with Crippen LogP contribution in [-0.4, -0.2) is 158 Å². The summed E-state index contributed by atoms with van der Waals surface area (Å²) in [6.45, 7) is 1.24. The smallest absolute Gasteiger partial charge is 0.239 e. The molecule has 30 heteroatoms. The molecular formula is C71H88F9N9O9S3. The average Bonchev–Trinajstić information content (AvgIpc) is 1.67. The Labute approximate surface area is 584 Å². The number of carbonyl (C=O) groups is 3. The van der Waals surface area contributed by atoms with Gasteiger partial charge in [-0.25, -0.2) is 78.1 Å². The summed E-state index contributed by atoms with van der Waals surface area (Å²) in [5, 5.41) is 0. The predicted octanol–water partition coefficient (Wildman–Crippen LogP) is 8.63. The Bertz CT molecular complexity index is 4080. The van der Waals surface area contributed by atoms with Crippen molar-refractivity contribution in [3.05, 3.63) is 177 Å². The van der Waals surface area contributed by atoms with Crippen LogP contribution in [0, 0.1) is 70.1 Å². The van der Waals surface area contributed by atoms with Crippen LogP contribution in [0.1, 0.15) is 124 Å². The molecule has 5 aromatic rings. The van der Waals surface area contributed by atoms with Crippen LogP contribution >= 0.6 is 0 Å².